The first kappa shape index (κ1) is 51.8. The lowest BCUT2D eigenvalue weighted by molar-refractivity contribution is -0.164. The van der Waals surface area contributed by atoms with Crippen LogP contribution in [0.2, 0.25) is 0 Å². The molecule has 2 fully saturated rings. The van der Waals surface area contributed by atoms with Crippen molar-refractivity contribution in [1.82, 2.24) is 25.8 Å². The second-order valence-electron chi connectivity index (χ2n) is 20.1. The van der Waals surface area contributed by atoms with Gasteiger partial charge < -0.3 is 35.4 Å². The van der Waals surface area contributed by atoms with Gasteiger partial charge in [0.25, 0.3) is 5.91 Å². The largest absolute Gasteiger partial charge is 0.489 e. The van der Waals surface area contributed by atoms with E-state index in [-0.39, 0.29) is 60.4 Å². The summed E-state index contributed by atoms with van der Waals surface area (Å²) in [5.41, 5.74) is 5.16. The van der Waals surface area contributed by atoms with Crippen molar-refractivity contribution in [3.63, 3.8) is 0 Å². The number of amides is 4. The highest BCUT2D eigenvalue weighted by molar-refractivity contribution is 9.10. The molecule has 4 N–H and O–H groups in total. The molecule has 68 heavy (non-hydrogen) atoms. The van der Waals surface area contributed by atoms with Crippen molar-refractivity contribution in [3.8, 4) is 34.1 Å². The highest BCUT2D eigenvalue weighted by Gasteiger charge is 2.64. The van der Waals surface area contributed by atoms with E-state index in [1.54, 1.807) is 41.7 Å². The van der Waals surface area contributed by atoms with Crippen LogP contribution in [-0.2, 0) is 19.1 Å². The zero-order valence-corrected chi connectivity index (χ0v) is 42.8. The number of nitrogens with one attached hydrogen (secondary N) is 3. The van der Waals surface area contributed by atoms with Crippen LogP contribution in [0.5, 0.6) is 5.75 Å². The van der Waals surface area contributed by atoms with Crippen molar-refractivity contribution in [3.05, 3.63) is 105 Å². The molecule has 1 aromatic heterocycles. The number of aliphatic hydroxyl groups excluding tert-OH is 1. The van der Waals surface area contributed by atoms with E-state index in [1.807, 2.05) is 76.5 Å². The SMILES string of the molecule is Cc1ncsc1-c1ccc([C@H](C)NC(=O)[C@H]2C[C@@H](O)CN2C(=O)[C@@H](NC(=O)COCCCCC#Cc2ccc(C(=O)N[C@H]3C(C)(C)[C@H](Oc4ccc(C#N)c(Br)c4)C3(C)C)cc2)C(C)(C)C)cc1. The number of aliphatic hydroxyl groups is 1. The standard InChI is InChI=1S/C53H63BrN6O7S/c1-32(35-19-21-36(22-20-35)44-33(2)56-31-68-44)57-47(64)42-26-39(61)29-60(42)48(65)45(51(3,4)5)58-43(62)30-66-25-13-11-10-12-14-34-15-17-37(18-16-34)46(63)59-49-52(6,7)50(53(49,8)9)67-40-24-23-38(28-55)41(54)27-40/h15-24,27,31-32,39,42,45,49-50,61H,10-11,13,25-26,29-30H2,1-9H3,(H,57,64)(H,58,62)(H,59,63)/t32-,39+,42+,45+,49-,50-/m0/s1. The van der Waals surface area contributed by atoms with Crippen LogP contribution in [0.1, 0.15) is 120 Å². The van der Waals surface area contributed by atoms with Gasteiger partial charge in [0.2, 0.25) is 17.7 Å². The maximum atomic E-state index is 14.1. The second-order valence-corrected chi connectivity index (χ2v) is 21.8. The van der Waals surface area contributed by atoms with Gasteiger partial charge in [-0.2, -0.15) is 5.26 Å². The summed E-state index contributed by atoms with van der Waals surface area (Å²) >= 11 is 5.01. The Morgan fingerprint density at radius 2 is 1.69 bits per heavy atom. The summed E-state index contributed by atoms with van der Waals surface area (Å²) in [5, 5.41) is 29.0. The first-order valence-electron chi connectivity index (χ1n) is 23.0. The first-order chi connectivity index (χ1) is 32.1. The summed E-state index contributed by atoms with van der Waals surface area (Å²) in [7, 11) is 0. The number of carbonyl (C=O) groups is 4. The number of halogens is 1. The molecule has 2 heterocycles. The van der Waals surface area contributed by atoms with E-state index in [0.29, 0.717) is 40.8 Å². The van der Waals surface area contributed by atoms with Gasteiger partial charge in [-0.1, -0.05) is 84.6 Å². The molecule has 360 valence electrons. The number of hydrogen-bond acceptors (Lipinski definition) is 10. The molecule has 4 atom stereocenters. The number of hydrogen-bond donors (Lipinski definition) is 4. The van der Waals surface area contributed by atoms with E-state index < -0.39 is 35.4 Å². The molecule has 1 aliphatic heterocycles. The zero-order valence-electron chi connectivity index (χ0n) is 40.4. The maximum absolute atomic E-state index is 14.1. The Hall–Kier alpha value is -5.58. The minimum absolute atomic E-state index is 0.0177. The monoisotopic (exact) mass is 1010 g/mol. The molecule has 6 rings (SSSR count). The number of rotatable bonds is 16. The maximum Gasteiger partial charge on any atom is 0.251 e. The molecule has 1 saturated carbocycles. The third-order valence-corrected chi connectivity index (χ3v) is 14.6. The third-order valence-electron chi connectivity index (χ3n) is 12.9. The predicted octanol–water partition coefficient (Wildman–Crippen LogP) is 8.27. The number of likely N-dealkylation sites (tertiary alicyclic amines) is 1. The van der Waals surface area contributed by atoms with Gasteiger partial charge in [0.05, 0.1) is 33.8 Å². The Kier molecular flexibility index (Phi) is 16.6. The van der Waals surface area contributed by atoms with Crippen LogP contribution in [-0.4, -0.2) is 88.7 Å². The molecule has 4 aromatic rings. The van der Waals surface area contributed by atoms with Crippen LogP contribution >= 0.6 is 27.3 Å². The fourth-order valence-electron chi connectivity index (χ4n) is 9.48. The van der Waals surface area contributed by atoms with Gasteiger partial charge in [-0.25, -0.2) is 4.98 Å². The average Bonchev–Trinajstić information content (AvgIpc) is 3.91. The Labute approximate surface area is 412 Å². The fourth-order valence-corrected chi connectivity index (χ4v) is 10.7. The minimum atomic E-state index is -0.960. The molecule has 0 spiro atoms. The lowest BCUT2D eigenvalue weighted by atomic mass is 9.49. The molecule has 0 bridgehead atoms. The van der Waals surface area contributed by atoms with Crippen LogP contribution < -0.4 is 20.7 Å². The van der Waals surface area contributed by atoms with Crippen LogP contribution in [0.3, 0.4) is 0 Å². The van der Waals surface area contributed by atoms with Gasteiger partial charge in [-0.05, 0) is 102 Å². The Morgan fingerprint density at radius 3 is 2.31 bits per heavy atom. The van der Waals surface area contributed by atoms with Gasteiger partial charge in [-0.15, -0.1) is 11.3 Å². The number of nitriles is 1. The van der Waals surface area contributed by atoms with E-state index in [9.17, 15) is 29.5 Å². The molecular weight excluding hydrogens is 945 g/mol. The quantitative estimate of drug-likeness (QED) is 0.0634. The molecule has 4 amide bonds. The van der Waals surface area contributed by atoms with E-state index in [4.69, 9.17) is 9.47 Å². The lowest BCUT2D eigenvalue weighted by Gasteiger charge is -2.63. The summed E-state index contributed by atoms with van der Waals surface area (Å²) in [4.78, 5) is 61.0. The Morgan fingerprint density at radius 1 is 1.00 bits per heavy atom. The minimum Gasteiger partial charge on any atom is -0.489 e. The Balaban J connectivity index is 0.911. The van der Waals surface area contributed by atoms with Crippen LogP contribution in [0.4, 0.5) is 0 Å². The zero-order chi connectivity index (χ0) is 49.6. The molecule has 1 aliphatic carbocycles. The van der Waals surface area contributed by atoms with E-state index in [2.05, 4.69) is 82.5 Å². The van der Waals surface area contributed by atoms with Crippen molar-refractivity contribution < 1.29 is 33.8 Å². The summed E-state index contributed by atoms with van der Waals surface area (Å²) in [6, 6.07) is 20.2. The molecule has 1 saturated heterocycles. The number of benzene rings is 3. The number of unbranched alkanes of at least 4 members (excludes halogenated alkanes) is 2. The van der Waals surface area contributed by atoms with Gasteiger partial charge in [-0.3, -0.25) is 19.2 Å². The second kappa shape index (κ2) is 21.8. The number of thiazole rings is 1. The van der Waals surface area contributed by atoms with Crippen LogP contribution in [0, 0.1) is 46.3 Å². The van der Waals surface area contributed by atoms with Crippen LogP contribution in [0.25, 0.3) is 10.4 Å². The first-order valence-corrected chi connectivity index (χ1v) is 24.7. The van der Waals surface area contributed by atoms with E-state index in [0.717, 1.165) is 33.7 Å². The number of nitrogens with zero attached hydrogens (tertiary/aromatic N) is 3. The summed E-state index contributed by atoms with van der Waals surface area (Å²) < 4.78 is 12.7. The fraction of sp³-hybridized carbons (Fsp3) is 0.472. The number of aryl methyl sites for hydroxylation is 1. The molecule has 13 nitrogen and oxygen atoms in total. The molecule has 15 heteroatoms. The van der Waals surface area contributed by atoms with Crippen molar-refractivity contribution >= 4 is 50.9 Å². The molecule has 2 aliphatic rings. The number of aromatic nitrogens is 1. The van der Waals surface area contributed by atoms with Crippen molar-refractivity contribution in [2.75, 3.05) is 19.8 Å². The van der Waals surface area contributed by atoms with Gasteiger partial charge in [0.1, 0.15) is 36.6 Å². The number of carbonyl (C=O) groups excluding carboxylic acids is 4. The predicted molar refractivity (Wildman–Crippen MR) is 266 cm³/mol. The Bertz CT molecular complexity index is 2550. The van der Waals surface area contributed by atoms with Gasteiger partial charge in [0, 0.05) is 58.5 Å². The van der Waals surface area contributed by atoms with Gasteiger partial charge >= 0.3 is 0 Å². The van der Waals surface area contributed by atoms with Crippen molar-refractivity contribution in [2.45, 2.75) is 124 Å². The topological polar surface area (TPSA) is 183 Å². The number of ether oxygens (including phenoxy) is 2. The van der Waals surface area contributed by atoms with E-state index in [1.165, 1.54) is 4.90 Å². The lowest BCUT2D eigenvalue weighted by Crippen LogP contribution is -2.74. The molecule has 0 unspecified atom stereocenters. The highest BCUT2D eigenvalue weighted by Crippen LogP contribution is 2.55. The highest BCUT2D eigenvalue weighted by atomic mass is 79.9. The smallest absolute Gasteiger partial charge is 0.251 e. The average molecular weight is 1010 g/mol. The molecular formula is C53H63BrN6O7S. The normalized spacial score (nSPS) is 20.1. The third kappa shape index (κ3) is 12.2. The van der Waals surface area contributed by atoms with Crippen molar-refractivity contribution in [2.24, 2.45) is 16.2 Å². The summed E-state index contributed by atoms with van der Waals surface area (Å²) in [6.07, 6.45) is 1.07. The molecule has 0 radical (unpaired) electrons. The van der Waals surface area contributed by atoms with E-state index >= 15 is 0 Å². The number of β-amino-alcohol motifs (C(OH)–C–C–N with tert-alkyl or cyclic N) is 1. The summed E-state index contributed by atoms with van der Waals surface area (Å²) in [5.74, 6) is 5.55. The molecule has 3 aromatic carbocycles. The summed E-state index contributed by atoms with van der Waals surface area (Å²) in [6.45, 7) is 17.8. The van der Waals surface area contributed by atoms with Crippen molar-refractivity contribution in [1.29, 1.82) is 5.26 Å². The van der Waals surface area contributed by atoms with Gasteiger partial charge in [0.15, 0.2) is 0 Å². The van der Waals surface area contributed by atoms with Crippen LogP contribution in [0.15, 0.2) is 76.7 Å².